The van der Waals surface area contributed by atoms with Crippen molar-refractivity contribution < 1.29 is 34.4 Å². The van der Waals surface area contributed by atoms with Crippen molar-refractivity contribution in [2.45, 2.75) is 37.9 Å². The molecule has 10 nitrogen and oxygen atoms in total. The molecule has 0 unspecified atom stereocenters. The minimum absolute atomic E-state index is 0.0435. The van der Waals surface area contributed by atoms with Crippen molar-refractivity contribution in [2.75, 3.05) is 0 Å². The fourth-order valence-electron chi connectivity index (χ4n) is 2.65. The van der Waals surface area contributed by atoms with Gasteiger partial charge in [0.2, 0.25) is 5.91 Å². The summed E-state index contributed by atoms with van der Waals surface area (Å²) >= 11 is 0. The van der Waals surface area contributed by atoms with Crippen LogP contribution in [0.1, 0.15) is 18.1 Å². The molecular weight excluding hydrogens is 406 g/mol. The number of carbonyl (C=O) groups is 3. The van der Waals surface area contributed by atoms with Gasteiger partial charge >= 0.3 is 11.9 Å². The van der Waals surface area contributed by atoms with Crippen LogP contribution < -0.4 is 16.8 Å². The highest BCUT2D eigenvalue weighted by molar-refractivity contribution is 5.93. The number of nitrogens with one attached hydrogen (secondary N) is 1. The van der Waals surface area contributed by atoms with Gasteiger partial charge < -0.3 is 36.8 Å². The van der Waals surface area contributed by atoms with Crippen LogP contribution in [0.25, 0.3) is 0 Å². The zero-order chi connectivity index (χ0) is 23.1. The van der Waals surface area contributed by atoms with Gasteiger partial charge in [-0.3, -0.25) is 4.79 Å². The van der Waals surface area contributed by atoms with Gasteiger partial charge in [-0.2, -0.15) is 0 Å². The third kappa shape index (κ3) is 6.98. The second-order valence-corrected chi connectivity index (χ2v) is 7.08. The quantitative estimate of drug-likeness (QED) is 0.187. The summed E-state index contributed by atoms with van der Waals surface area (Å²) in [7, 11) is 0. The number of nitrogens with two attached hydrogens (primary N) is 2. The SMILES string of the molecule is C[C@@H](NC(=O)[C@@H](N)Cc1ccc(O)cc1)C(=O)OC(=O)[C@@H](N)Cc1ccc(O)c(O)c1. The molecular formula is C21H25N3O7. The fourth-order valence-corrected chi connectivity index (χ4v) is 2.65. The minimum Gasteiger partial charge on any atom is -0.508 e. The van der Waals surface area contributed by atoms with Gasteiger partial charge in [-0.25, -0.2) is 9.59 Å². The van der Waals surface area contributed by atoms with Crippen LogP contribution in [-0.4, -0.2) is 51.3 Å². The van der Waals surface area contributed by atoms with Crippen LogP contribution in [0, 0.1) is 0 Å². The van der Waals surface area contributed by atoms with Crippen LogP contribution in [0.4, 0.5) is 0 Å². The zero-order valence-electron chi connectivity index (χ0n) is 16.8. The van der Waals surface area contributed by atoms with E-state index in [4.69, 9.17) is 16.2 Å². The number of rotatable bonds is 8. The van der Waals surface area contributed by atoms with Gasteiger partial charge in [0.1, 0.15) is 17.8 Å². The first kappa shape index (κ1) is 23.6. The van der Waals surface area contributed by atoms with E-state index in [9.17, 15) is 29.7 Å². The maximum atomic E-state index is 12.2. The van der Waals surface area contributed by atoms with Crippen molar-refractivity contribution in [2.24, 2.45) is 11.5 Å². The molecule has 0 aliphatic heterocycles. The Labute approximate surface area is 178 Å². The summed E-state index contributed by atoms with van der Waals surface area (Å²) in [6.07, 6.45) is 0.134. The summed E-state index contributed by atoms with van der Waals surface area (Å²) in [6.45, 7) is 1.34. The van der Waals surface area contributed by atoms with Crippen molar-refractivity contribution in [1.82, 2.24) is 5.32 Å². The molecule has 2 aromatic carbocycles. The Hall–Kier alpha value is -3.63. The highest BCUT2D eigenvalue weighted by Gasteiger charge is 2.26. The molecule has 10 heteroatoms. The van der Waals surface area contributed by atoms with Crippen LogP contribution in [0.3, 0.4) is 0 Å². The molecule has 3 atom stereocenters. The second kappa shape index (κ2) is 10.4. The average Bonchev–Trinajstić information content (AvgIpc) is 2.72. The predicted octanol–water partition coefficient (Wildman–Crippen LogP) is -0.182. The summed E-state index contributed by atoms with van der Waals surface area (Å²) in [5.74, 6) is -3.22. The molecule has 0 heterocycles. The topological polar surface area (TPSA) is 185 Å². The van der Waals surface area contributed by atoms with Crippen LogP contribution in [0.5, 0.6) is 17.2 Å². The number of hydrogen-bond donors (Lipinski definition) is 6. The van der Waals surface area contributed by atoms with E-state index in [0.717, 1.165) is 5.56 Å². The van der Waals surface area contributed by atoms with Crippen molar-refractivity contribution >= 4 is 17.8 Å². The number of hydrogen-bond acceptors (Lipinski definition) is 9. The lowest BCUT2D eigenvalue weighted by atomic mass is 10.1. The van der Waals surface area contributed by atoms with E-state index >= 15 is 0 Å². The Kier molecular flexibility index (Phi) is 7.94. The first-order valence-electron chi connectivity index (χ1n) is 9.42. The highest BCUT2D eigenvalue weighted by Crippen LogP contribution is 2.25. The molecule has 31 heavy (non-hydrogen) atoms. The standard InChI is InChI=1S/C21H25N3O7/c1-11(24-19(28)15(22)8-12-2-5-14(25)6-3-12)20(29)31-21(30)16(23)9-13-4-7-17(26)18(27)10-13/h2-7,10-11,15-16,25-27H,8-9,22-23H2,1H3,(H,24,28)/t11-,15+,16+/m1/s1. The van der Waals surface area contributed by atoms with Gasteiger partial charge in [0.25, 0.3) is 0 Å². The third-order valence-corrected chi connectivity index (χ3v) is 4.44. The van der Waals surface area contributed by atoms with Crippen molar-refractivity contribution in [3.63, 3.8) is 0 Å². The van der Waals surface area contributed by atoms with Crippen LogP contribution in [0.15, 0.2) is 42.5 Å². The number of carbonyl (C=O) groups excluding carboxylic acids is 3. The van der Waals surface area contributed by atoms with Gasteiger partial charge in [0, 0.05) is 0 Å². The van der Waals surface area contributed by atoms with Crippen LogP contribution >= 0.6 is 0 Å². The lowest BCUT2D eigenvalue weighted by Gasteiger charge is -2.17. The molecule has 0 aliphatic rings. The maximum absolute atomic E-state index is 12.2. The molecule has 8 N–H and O–H groups in total. The van der Waals surface area contributed by atoms with Crippen LogP contribution in [0.2, 0.25) is 0 Å². The van der Waals surface area contributed by atoms with E-state index < -0.39 is 36.0 Å². The van der Waals surface area contributed by atoms with Gasteiger partial charge in [-0.15, -0.1) is 0 Å². The maximum Gasteiger partial charge on any atom is 0.336 e. The Bertz CT molecular complexity index is 946. The third-order valence-electron chi connectivity index (χ3n) is 4.44. The van der Waals surface area contributed by atoms with Crippen molar-refractivity contribution in [1.29, 1.82) is 0 Å². The lowest BCUT2D eigenvalue weighted by Crippen LogP contribution is -2.49. The molecule has 0 saturated carbocycles. The largest absolute Gasteiger partial charge is 0.508 e. The van der Waals surface area contributed by atoms with E-state index in [-0.39, 0.29) is 30.1 Å². The van der Waals surface area contributed by atoms with E-state index in [1.807, 2.05) is 0 Å². The molecule has 0 bridgehead atoms. The molecule has 1 amide bonds. The van der Waals surface area contributed by atoms with E-state index in [2.05, 4.69) is 5.32 Å². The predicted molar refractivity (Wildman–Crippen MR) is 110 cm³/mol. The number of esters is 2. The van der Waals surface area contributed by atoms with Gasteiger partial charge in [-0.05, 0) is 55.2 Å². The number of aromatic hydroxyl groups is 3. The number of amides is 1. The number of phenols is 3. The van der Waals surface area contributed by atoms with Crippen LogP contribution in [-0.2, 0) is 32.0 Å². The van der Waals surface area contributed by atoms with Gasteiger partial charge in [-0.1, -0.05) is 18.2 Å². The molecule has 0 fully saturated rings. The first-order valence-corrected chi connectivity index (χ1v) is 9.42. The molecule has 166 valence electrons. The summed E-state index contributed by atoms with van der Waals surface area (Å²) in [4.78, 5) is 36.4. The smallest absolute Gasteiger partial charge is 0.336 e. The summed E-state index contributed by atoms with van der Waals surface area (Å²) < 4.78 is 4.71. The van der Waals surface area contributed by atoms with Crippen molar-refractivity contribution in [3.8, 4) is 17.2 Å². The Balaban J connectivity index is 1.84. The summed E-state index contributed by atoms with van der Waals surface area (Å²) in [5, 5.41) is 30.4. The number of ether oxygens (including phenoxy) is 1. The Morgan fingerprint density at radius 3 is 2.06 bits per heavy atom. The molecule has 0 spiro atoms. The van der Waals surface area contributed by atoms with Gasteiger partial charge in [0.15, 0.2) is 11.5 Å². The summed E-state index contributed by atoms with van der Waals surface area (Å²) in [5.41, 5.74) is 12.8. The molecule has 2 rings (SSSR count). The molecule has 0 saturated heterocycles. The van der Waals surface area contributed by atoms with Gasteiger partial charge in [0.05, 0.1) is 6.04 Å². The van der Waals surface area contributed by atoms with Crippen molar-refractivity contribution in [3.05, 3.63) is 53.6 Å². The molecule has 0 radical (unpaired) electrons. The molecule has 0 aromatic heterocycles. The normalized spacial score (nSPS) is 13.6. The van der Waals surface area contributed by atoms with E-state index in [1.165, 1.54) is 37.3 Å². The fraction of sp³-hybridized carbons (Fsp3) is 0.286. The summed E-state index contributed by atoms with van der Waals surface area (Å²) in [6, 6.07) is 6.81. The molecule has 0 aliphatic carbocycles. The van der Waals surface area contributed by atoms with E-state index in [0.29, 0.717) is 5.56 Å². The first-order chi connectivity index (χ1) is 14.6. The highest BCUT2D eigenvalue weighted by atomic mass is 16.6. The lowest BCUT2D eigenvalue weighted by molar-refractivity contribution is -0.162. The average molecular weight is 431 g/mol. The second-order valence-electron chi connectivity index (χ2n) is 7.08. The van der Waals surface area contributed by atoms with E-state index in [1.54, 1.807) is 12.1 Å². The minimum atomic E-state index is -1.20. The monoisotopic (exact) mass is 431 g/mol. The molecule has 2 aromatic rings. The Morgan fingerprint density at radius 2 is 1.45 bits per heavy atom. The number of phenolic OH excluding ortho intramolecular Hbond substituents is 3. The zero-order valence-corrected chi connectivity index (χ0v) is 16.8. The number of benzene rings is 2. The Morgan fingerprint density at radius 1 is 0.871 bits per heavy atom.